The number of hydrogen-bond donors (Lipinski definition) is 2. The first-order valence-corrected chi connectivity index (χ1v) is 12.3. The van der Waals surface area contributed by atoms with Crippen molar-refractivity contribution in [3.63, 3.8) is 0 Å². The van der Waals surface area contributed by atoms with Crippen molar-refractivity contribution in [1.29, 1.82) is 0 Å². The van der Waals surface area contributed by atoms with Gasteiger partial charge in [0.05, 0.1) is 18.7 Å². The lowest BCUT2D eigenvalue weighted by Crippen LogP contribution is -2.41. The molecule has 1 aliphatic carbocycles. The highest BCUT2D eigenvalue weighted by atomic mass is 32.1. The van der Waals surface area contributed by atoms with Crippen LogP contribution in [0.3, 0.4) is 0 Å². The first kappa shape index (κ1) is 23.4. The van der Waals surface area contributed by atoms with Gasteiger partial charge in [0.2, 0.25) is 11.8 Å². The topological polar surface area (TPSA) is 101 Å². The molecule has 1 aliphatic heterocycles. The van der Waals surface area contributed by atoms with Crippen molar-refractivity contribution in [1.82, 2.24) is 9.88 Å². The van der Waals surface area contributed by atoms with Gasteiger partial charge in [-0.3, -0.25) is 14.5 Å². The number of pyridine rings is 1. The summed E-state index contributed by atoms with van der Waals surface area (Å²) in [6.45, 7) is 5.61. The van der Waals surface area contributed by atoms with Gasteiger partial charge < -0.3 is 15.4 Å². The van der Waals surface area contributed by atoms with Crippen molar-refractivity contribution in [2.75, 3.05) is 36.9 Å². The number of aryl methyl sites for hydroxylation is 2. The number of carbonyl (C=O) groups excluding carboxylic acids is 3. The van der Waals surface area contributed by atoms with Gasteiger partial charge in [-0.05, 0) is 82.3 Å². The Morgan fingerprint density at radius 2 is 2.00 bits per heavy atom. The molecule has 0 spiro atoms. The van der Waals surface area contributed by atoms with Crippen LogP contribution in [0, 0.1) is 12.8 Å². The first-order valence-electron chi connectivity index (χ1n) is 11.5. The van der Waals surface area contributed by atoms with Crippen molar-refractivity contribution in [3.8, 4) is 0 Å². The van der Waals surface area contributed by atoms with E-state index in [1.165, 1.54) is 16.2 Å². The summed E-state index contributed by atoms with van der Waals surface area (Å²) in [6.07, 6.45) is 5.88. The largest absolute Gasteiger partial charge is 0.462 e. The molecule has 9 heteroatoms. The molecule has 0 radical (unpaired) electrons. The fraction of sp³-hybridized carbons (Fsp3) is 0.500. The number of fused-ring (bicyclic) bond motifs is 1. The fourth-order valence-electron chi connectivity index (χ4n) is 4.47. The second-order valence-electron chi connectivity index (χ2n) is 8.59. The summed E-state index contributed by atoms with van der Waals surface area (Å²) in [5.41, 5.74) is 2.61. The molecule has 4 rings (SSSR count). The highest BCUT2D eigenvalue weighted by Crippen LogP contribution is 2.39. The van der Waals surface area contributed by atoms with Crippen LogP contribution < -0.4 is 10.6 Å². The third kappa shape index (κ3) is 5.59. The molecule has 2 amide bonds. The normalized spacial score (nSPS) is 16.3. The molecule has 176 valence electrons. The number of piperidine rings is 1. The van der Waals surface area contributed by atoms with Crippen LogP contribution in [0.15, 0.2) is 18.3 Å². The van der Waals surface area contributed by atoms with Crippen LogP contribution >= 0.6 is 11.3 Å². The number of aromatic nitrogens is 1. The second kappa shape index (κ2) is 10.4. The number of esters is 1. The molecule has 0 atom stereocenters. The van der Waals surface area contributed by atoms with Gasteiger partial charge in [-0.25, -0.2) is 9.78 Å². The third-order valence-electron chi connectivity index (χ3n) is 6.15. The summed E-state index contributed by atoms with van der Waals surface area (Å²) >= 11 is 1.49. The molecular formula is C24H30N4O4S. The maximum absolute atomic E-state index is 12.7. The average molecular weight is 471 g/mol. The molecule has 3 heterocycles. The number of nitrogens with one attached hydrogen (secondary N) is 2. The van der Waals surface area contributed by atoms with Crippen molar-refractivity contribution >= 4 is 39.9 Å². The van der Waals surface area contributed by atoms with E-state index < -0.39 is 0 Å². The number of rotatable bonds is 7. The number of thiophene rings is 1. The van der Waals surface area contributed by atoms with Crippen LogP contribution in [0.1, 0.15) is 52.5 Å². The number of likely N-dealkylation sites (tertiary alicyclic amines) is 1. The third-order valence-corrected chi connectivity index (χ3v) is 7.35. The van der Waals surface area contributed by atoms with Gasteiger partial charge in [-0.2, -0.15) is 0 Å². The van der Waals surface area contributed by atoms with Crippen LogP contribution in [-0.2, 0) is 27.2 Å². The Bertz CT molecular complexity index is 1040. The molecule has 0 bridgehead atoms. The Morgan fingerprint density at radius 1 is 1.21 bits per heavy atom. The van der Waals surface area contributed by atoms with Crippen LogP contribution in [0.2, 0.25) is 0 Å². The van der Waals surface area contributed by atoms with E-state index in [1.54, 1.807) is 13.1 Å². The molecule has 2 N–H and O–H groups in total. The summed E-state index contributed by atoms with van der Waals surface area (Å²) in [6, 6.07) is 3.74. The Hall–Kier alpha value is -2.78. The van der Waals surface area contributed by atoms with E-state index in [-0.39, 0.29) is 30.2 Å². The van der Waals surface area contributed by atoms with Crippen molar-refractivity contribution in [2.45, 2.75) is 46.0 Å². The van der Waals surface area contributed by atoms with Gasteiger partial charge in [0.15, 0.2) is 0 Å². The molecule has 1 saturated heterocycles. The quantitative estimate of drug-likeness (QED) is 0.602. The monoisotopic (exact) mass is 470 g/mol. The van der Waals surface area contributed by atoms with Crippen molar-refractivity contribution in [3.05, 3.63) is 39.9 Å². The zero-order valence-corrected chi connectivity index (χ0v) is 19.9. The number of carbonyl (C=O) groups is 3. The minimum absolute atomic E-state index is 0.0237. The van der Waals surface area contributed by atoms with Gasteiger partial charge in [0.25, 0.3) is 0 Å². The van der Waals surface area contributed by atoms with Crippen LogP contribution in [0.5, 0.6) is 0 Å². The van der Waals surface area contributed by atoms with Crippen LogP contribution in [0.25, 0.3) is 0 Å². The Balaban J connectivity index is 1.29. The van der Waals surface area contributed by atoms with Crippen molar-refractivity contribution < 1.29 is 19.1 Å². The van der Waals surface area contributed by atoms with Crippen LogP contribution in [0.4, 0.5) is 10.8 Å². The van der Waals surface area contributed by atoms with Gasteiger partial charge in [-0.1, -0.05) is 0 Å². The summed E-state index contributed by atoms with van der Waals surface area (Å²) in [7, 11) is 0. The minimum atomic E-state index is -0.359. The fourth-order valence-corrected chi connectivity index (χ4v) is 5.76. The lowest BCUT2D eigenvalue weighted by Gasteiger charge is -2.30. The summed E-state index contributed by atoms with van der Waals surface area (Å²) < 4.78 is 5.23. The van der Waals surface area contributed by atoms with E-state index in [0.29, 0.717) is 48.9 Å². The van der Waals surface area contributed by atoms with E-state index in [2.05, 4.69) is 20.5 Å². The van der Waals surface area contributed by atoms with E-state index in [9.17, 15) is 14.4 Å². The Morgan fingerprint density at radius 3 is 2.73 bits per heavy atom. The number of anilines is 2. The zero-order valence-electron chi connectivity index (χ0n) is 19.1. The lowest BCUT2D eigenvalue weighted by molar-refractivity contribution is -0.121. The van der Waals surface area contributed by atoms with Gasteiger partial charge in [0.1, 0.15) is 10.8 Å². The molecule has 2 aliphatic rings. The molecule has 0 saturated carbocycles. The number of nitrogens with zero attached hydrogens (tertiary/aromatic N) is 2. The SMILES string of the molecule is CCOC(=O)c1c(NC(=O)CN2CCC(C(=O)Nc3cc(C)ccn3)CC2)sc2c1CCC2. The second-order valence-corrected chi connectivity index (χ2v) is 9.69. The maximum Gasteiger partial charge on any atom is 0.341 e. The molecule has 0 aromatic carbocycles. The summed E-state index contributed by atoms with van der Waals surface area (Å²) in [5.74, 6) is -0.0526. The predicted molar refractivity (Wildman–Crippen MR) is 128 cm³/mol. The Labute approximate surface area is 197 Å². The summed E-state index contributed by atoms with van der Waals surface area (Å²) in [5, 5.41) is 6.44. The maximum atomic E-state index is 12.7. The smallest absolute Gasteiger partial charge is 0.341 e. The summed E-state index contributed by atoms with van der Waals surface area (Å²) in [4.78, 5) is 45.2. The number of amides is 2. The molecule has 2 aromatic heterocycles. The van der Waals surface area contributed by atoms with E-state index >= 15 is 0 Å². The highest BCUT2D eigenvalue weighted by Gasteiger charge is 2.30. The van der Waals surface area contributed by atoms with E-state index in [1.807, 2.05) is 19.1 Å². The van der Waals surface area contributed by atoms with Crippen LogP contribution in [-0.4, -0.2) is 53.9 Å². The molecular weight excluding hydrogens is 440 g/mol. The number of hydrogen-bond acceptors (Lipinski definition) is 7. The molecule has 0 unspecified atom stereocenters. The highest BCUT2D eigenvalue weighted by molar-refractivity contribution is 7.17. The standard InChI is InChI=1S/C24H30N4O4S/c1-3-32-24(31)21-17-5-4-6-18(17)33-23(21)27-20(29)14-28-11-8-16(9-12-28)22(30)26-19-13-15(2)7-10-25-19/h7,10,13,16H,3-6,8-9,11-12,14H2,1-2H3,(H,27,29)(H,25,26,30). The number of ether oxygens (including phenoxy) is 1. The van der Waals surface area contributed by atoms with E-state index in [0.717, 1.165) is 30.4 Å². The van der Waals surface area contributed by atoms with Gasteiger partial charge in [-0.15, -0.1) is 11.3 Å². The molecule has 8 nitrogen and oxygen atoms in total. The van der Waals surface area contributed by atoms with E-state index in [4.69, 9.17) is 4.74 Å². The van der Waals surface area contributed by atoms with Gasteiger partial charge >= 0.3 is 5.97 Å². The molecule has 2 aromatic rings. The van der Waals surface area contributed by atoms with Crippen molar-refractivity contribution in [2.24, 2.45) is 5.92 Å². The minimum Gasteiger partial charge on any atom is -0.462 e. The van der Waals surface area contributed by atoms with Gasteiger partial charge in [0, 0.05) is 17.0 Å². The average Bonchev–Trinajstić information content (AvgIpc) is 3.35. The first-order chi connectivity index (χ1) is 15.9. The molecule has 33 heavy (non-hydrogen) atoms. The lowest BCUT2D eigenvalue weighted by atomic mass is 9.96. The predicted octanol–water partition coefficient (Wildman–Crippen LogP) is 3.41. The molecule has 1 fully saturated rings. The zero-order chi connectivity index (χ0) is 23.4. The Kier molecular flexibility index (Phi) is 7.39.